The monoisotopic (exact) mass is 199 g/mol. The van der Waals surface area contributed by atoms with Gasteiger partial charge in [0.05, 0.1) is 0 Å². The molecular formula is C12H25NO. The van der Waals surface area contributed by atoms with E-state index in [-0.39, 0.29) is 0 Å². The third-order valence-corrected chi connectivity index (χ3v) is 2.88. The first kappa shape index (κ1) is 12.0. The van der Waals surface area contributed by atoms with Gasteiger partial charge in [-0.15, -0.1) is 0 Å². The number of nitrogens with one attached hydrogen (secondary N) is 1. The van der Waals surface area contributed by atoms with E-state index in [2.05, 4.69) is 19.2 Å². The summed E-state index contributed by atoms with van der Waals surface area (Å²) in [6.07, 6.45) is 9.21. The van der Waals surface area contributed by atoms with Crippen LogP contribution in [0.1, 0.15) is 58.8 Å². The van der Waals surface area contributed by atoms with Crippen molar-refractivity contribution in [2.24, 2.45) is 0 Å². The molecule has 0 radical (unpaired) electrons. The normalized spacial score (nSPS) is 22.9. The van der Waals surface area contributed by atoms with Crippen LogP contribution in [0.15, 0.2) is 0 Å². The van der Waals surface area contributed by atoms with E-state index in [0.717, 1.165) is 6.61 Å². The summed E-state index contributed by atoms with van der Waals surface area (Å²) in [5.41, 5.74) is 0. The smallest absolute Gasteiger partial charge is 0.108 e. The summed E-state index contributed by atoms with van der Waals surface area (Å²) in [6, 6.07) is 0.674. The lowest BCUT2D eigenvalue weighted by Gasteiger charge is -2.28. The summed E-state index contributed by atoms with van der Waals surface area (Å²) in [4.78, 5) is 0. The highest BCUT2D eigenvalue weighted by Crippen LogP contribution is 2.13. The molecule has 1 unspecified atom stereocenters. The zero-order valence-electron chi connectivity index (χ0n) is 9.72. The van der Waals surface area contributed by atoms with Gasteiger partial charge in [-0.1, -0.05) is 26.7 Å². The molecule has 1 fully saturated rings. The van der Waals surface area contributed by atoms with E-state index >= 15 is 0 Å². The van der Waals surface area contributed by atoms with Crippen molar-refractivity contribution in [2.45, 2.75) is 71.1 Å². The van der Waals surface area contributed by atoms with E-state index in [9.17, 15) is 0 Å². The van der Waals surface area contributed by atoms with Crippen LogP contribution in [-0.4, -0.2) is 18.9 Å². The highest BCUT2D eigenvalue weighted by atomic mass is 16.5. The van der Waals surface area contributed by atoms with Gasteiger partial charge in [0.25, 0.3) is 0 Å². The van der Waals surface area contributed by atoms with Crippen molar-refractivity contribution in [3.63, 3.8) is 0 Å². The minimum absolute atomic E-state index is 0.340. The molecular weight excluding hydrogens is 174 g/mol. The van der Waals surface area contributed by atoms with Gasteiger partial charge >= 0.3 is 0 Å². The Kier molecular flexibility index (Phi) is 6.20. The first-order valence-corrected chi connectivity index (χ1v) is 6.24. The fourth-order valence-electron chi connectivity index (χ4n) is 2.14. The Balaban J connectivity index is 2.21. The Morgan fingerprint density at radius 2 is 1.93 bits per heavy atom. The molecule has 0 saturated carbocycles. The summed E-state index contributed by atoms with van der Waals surface area (Å²) >= 11 is 0. The van der Waals surface area contributed by atoms with Gasteiger partial charge in [0.1, 0.15) is 6.23 Å². The molecule has 1 rings (SSSR count). The maximum absolute atomic E-state index is 5.69. The fraction of sp³-hybridized carbons (Fsp3) is 1.00. The Labute approximate surface area is 88.4 Å². The van der Waals surface area contributed by atoms with E-state index in [1.165, 1.54) is 44.9 Å². The van der Waals surface area contributed by atoms with Crippen LogP contribution in [0.3, 0.4) is 0 Å². The minimum Gasteiger partial charge on any atom is -0.363 e. The van der Waals surface area contributed by atoms with Crippen molar-refractivity contribution < 1.29 is 4.74 Å². The van der Waals surface area contributed by atoms with E-state index < -0.39 is 0 Å². The molecule has 2 heteroatoms. The highest BCUT2D eigenvalue weighted by molar-refractivity contribution is 4.70. The van der Waals surface area contributed by atoms with Crippen molar-refractivity contribution in [1.29, 1.82) is 0 Å². The minimum atomic E-state index is 0.340. The van der Waals surface area contributed by atoms with Crippen LogP contribution in [0, 0.1) is 0 Å². The van der Waals surface area contributed by atoms with Gasteiger partial charge in [-0.2, -0.15) is 0 Å². The zero-order valence-corrected chi connectivity index (χ0v) is 9.72. The summed E-state index contributed by atoms with van der Waals surface area (Å²) in [7, 11) is 0. The molecule has 0 spiro atoms. The van der Waals surface area contributed by atoms with E-state index in [0.29, 0.717) is 12.3 Å². The summed E-state index contributed by atoms with van der Waals surface area (Å²) < 4.78 is 5.69. The van der Waals surface area contributed by atoms with Gasteiger partial charge < -0.3 is 4.74 Å². The van der Waals surface area contributed by atoms with Gasteiger partial charge in [0, 0.05) is 12.6 Å². The van der Waals surface area contributed by atoms with Crippen molar-refractivity contribution in [3.8, 4) is 0 Å². The topological polar surface area (TPSA) is 21.3 Å². The second-order valence-electron chi connectivity index (χ2n) is 4.30. The molecule has 2 nitrogen and oxygen atoms in total. The first-order chi connectivity index (χ1) is 6.86. The molecule has 84 valence electrons. The molecule has 0 amide bonds. The molecule has 0 aromatic carbocycles. The van der Waals surface area contributed by atoms with Gasteiger partial charge in [-0.3, -0.25) is 5.32 Å². The predicted octanol–water partition coefficient (Wildman–Crippen LogP) is 3.07. The van der Waals surface area contributed by atoms with Gasteiger partial charge in [0.15, 0.2) is 0 Å². The molecule has 1 N–H and O–H groups in total. The molecule has 1 saturated heterocycles. The van der Waals surface area contributed by atoms with Crippen LogP contribution in [0.5, 0.6) is 0 Å². The number of ether oxygens (including phenoxy) is 1. The van der Waals surface area contributed by atoms with Gasteiger partial charge in [0.2, 0.25) is 0 Å². The lowest BCUT2D eigenvalue weighted by atomic mass is 10.1. The third-order valence-electron chi connectivity index (χ3n) is 2.88. The molecule has 0 aliphatic carbocycles. The average Bonchev–Trinajstić information content (AvgIpc) is 2.20. The van der Waals surface area contributed by atoms with Crippen LogP contribution in [0.4, 0.5) is 0 Å². The Morgan fingerprint density at radius 3 is 2.43 bits per heavy atom. The molecule has 1 aliphatic heterocycles. The van der Waals surface area contributed by atoms with Gasteiger partial charge in [-0.25, -0.2) is 0 Å². The summed E-state index contributed by atoms with van der Waals surface area (Å²) in [5.74, 6) is 0. The van der Waals surface area contributed by atoms with Crippen molar-refractivity contribution in [3.05, 3.63) is 0 Å². The van der Waals surface area contributed by atoms with Crippen molar-refractivity contribution in [1.82, 2.24) is 5.32 Å². The average molecular weight is 199 g/mol. The molecule has 14 heavy (non-hydrogen) atoms. The molecule has 0 aromatic rings. The standard InChI is InChI=1S/C12H25NO/c1-3-7-11(8-4-2)13-12-9-5-6-10-14-12/h11-13H,3-10H2,1-2H3. The second-order valence-corrected chi connectivity index (χ2v) is 4.30. The first-order valence-electron chi connectivity index (χ1n) is 6.24. The lowest BCUT2D eigenvalue weighted by molar-refractivity contribution is -0.0137. The van der Waals surface area contributed by atoms with Crippen LogP contribution in [0.2, 0.25) is 0 Å². The second kappa shape index (κ2) is 7.24. The molecule has 0 bridgehead atoms. The van der Waals surface area contributed by atoms with E-state index in [1.54, 1.807) is 0 Å². The Bertz CT molecular complexity index is 126. The summed E-state index contributed by atoms with van der Waals surface area (Å²) in [6.45, 7) is 5.46. The largest absolute Gasteiger partial charge is 0.363 e. The van der Waals surface area contributed by atoms with E-state index in [1.807, 2.05) is 0 Å². The van der Waals surface area contributed by atoms with Crippen LogP contribution < -0.4 is 5.32 Å². The SMILES string of the molecule is CCCC(CCC)NC1CCCCO1. The van der Waals surface area contributed by atoms with Gasteiger partial charge in [-0.05, 0) is 32.1 Å². The fourth-order valence-corrected chi connectivity index (χ4v) is 2.14. The van der Waals surface area contributed by atoms with Crippen LogP contribution >= 0.6 is 0 Å². The van der Waals surface area contributed by atoms with Crippen molar-refractivity contribution in [2.75, 3.05) is 6.61 Å². The maximum atomic E-state index is 5.69. The quantitative estimate of drug-likeness (QED) is 0.710. The molecule has 0 aromatic heterocycles. The number of hydrogen-bond donors (Lipinski definition) is 1. The molecule has 1 aliphatic rings. The van der Waals surface area contributed by atoms with Crippen molar-refractivity contribution >= 4 is 0 Å². The maximum Gasteiger partial charge on any atom is 0.108 e. The van der Waals surface area contributed by atoms with Crippen LogP contribution in [-0.2, 0) is 4.74 Å². The predicted molar refractivity (Wildman–Crippen MR) is 60.3 cm³/mol. The third kappa shape index (κ3) is 4.43. The Hall–Kier alpha value is -0.0800. The van der Waals surface area contributed by atoms with E-state index in [4.69, 9.17) is 4.74 Å². The summed E-state index contributed by atoms with van der Waals surface area (Å²) in [5, 5.41) is 3.64. The number of hydrogen-bond acceptors (Lipinski definition) is 2. The van der Waals surface area contributed by atoms with Crippen LogP contribution in [0.25, 0.3) is 0 Å². The lowest BCUT2D eigenvalue weighted by Crippen LogP contribution is -2.41. The highest BCUT2D eigenvalue weighted by Gasteiger charge is 2.16. The number of rotatable bonds is 6. The Morgan fingerprint density at radius 1 is 1.21 bits per heavy atom. The molecule has 1 atom stereocenters. The molecule has 1 heterocycles. The zero-order chi connectivity index (χ0) is 10.2.